The van der Waals surface area contributed by atoms with E-state index in [1.54, 1.807) is 0 Å². The number of carbonyl (C=O) groups is 2. The van der Waals surface area contributed by atoms with Crippen LogP contribution in [0.25, 0.3) is 0 Å². The normalized spacial score (nSPS) is 3.00. The summed E-state index contributed by atoms with van der Waals surface area (Å²) in [5, 5.41) is 16.5. The molecule has 8 heavy (non-hydrogen) atoms. The van der Waals surface area contributed by atoms with Crippen LogP contribution in [0.4, 0.5) is 0 Å². The Kier molecular flexibility index (Phi) is 104. The number of hydrogen-bond acceptors (Lipinski definition) is 4. The van der Waals surface area contributed by atoms with E-state index in [1.165, 1.54) is 0 Å². The average molecular weight is 169 g/mol. The molecule has 0 aliphatic rings. The molecule has 0 aromatic heterocycles. The van der Waals surface area contributed by atoms with Crippen LogP contribution in [0.15, 0.2) is 0 Å². The van der Waals surface area contributed by atoms with Gasteiger partial charge < -0.3 is 19.8 Å². The Morgan fingerprint density at radius 1 is 1.00 bits per heavy atom. The first-order valence-electron chi connectivity index (χ1n) is 0.943. The van der Waals surface area contributed by atoms with Gasteiger partial charge in [-0.25, -0.2) is 0 Å². The van der Waals surface area contributed by atoms with Gasteiger partial charge in [0, 0.05) is 12.9 Å². The van der Waals surface area contributed by atoms with Gasteiger partial charge in [-0.3, -0.25) is 0 Å². The maximum atomic E-state index is 8.25. The maximum Gasteiger partial charge on any atom is 2.00 e. The van der Waals surface area contributed by atoms with Crippen molar-refractivity contribution in [2.24, 2.45) is 0 Å². The molecule has 0 aromatic rings. The van der Waals surface area contributed by atoms with Crippen molar-refractivity contribution in [2.45, 2.75) is 0 Å². The fraction of sp³-hybridized carbons (Fsp3) is 0. The summed E-state index contributed by atoms with van der Waals surface area (Å²) in [6.07, 6.45) is 0. The van der Waals surface area contributed by atoms with Crippen molar-refractivity contribution in [3.05, 3.63) is 0 Å². The summed E-state index contributed by atoms with van der Waals surface area (Å²) < 4.78 is 0. The Balaban J connectivity index is -0.0000000160. The van der Waals surface area contributed by atoms with Crippen LogP contribution in [-0.2, 0) is 9.59 Å². The van der Waals surface area contributed by atoms with Crippen LogP contribution >= 0.6 is 0 Å². The van der Waals surface area contributed by atoms with E-state index in [2.05, 4.69) is 0 Å². The Morgan fingerprint density at radius 3 is 1.00 bits per heavy atom. The van der Waals surface area contributed by atoms with Crippen molar-refractivity contribution in [2.75, 3.05) is 0 Å². The summed E-state index contributed by atoms with van der Waals surface area (Å²) in [4.78, 5) is 16.5. The average Bonchev–Trinajstić information content (AvgIpc) is 1.39. The van der Waals surface area contributed by atoms with Crippen molar-refractivity contribution in [3.63, 3.8) is 0 Å². The quantitative estimate of drug-likeness (QED) is 0.267. The van der Waals surface area contributed by atoms with Crippen LogP contribution in [0, 0.1) is 0 Å². The molecule has 0 amide bonds. The van der Waals surface area contributed by atoms with Crippen molar-refractivity contribution in [1.82, 2.24) is 0 Å². The van der Waals surface area contributed by atoms with Gasteiger partial charge >= 0.3 is 89.1 Å². The Morgan fingerprint density at radius 2 is 1.00 bits per heavy atom. The van der Waals surface area contributed by atoms with Crippen molar-refractivity contribution in [1.29, 1.82) is 0 Å². The molecular formula is C2H2CaKO4+. The second-order valence-corrected chi connectivity index (χ2v) is 0.192. The predicted octanol–water partition coefficient (Wildman–Crippen LogP) is -6.64. The summed E-state index contributed by atoms with van der Waals surface area (Å²) >= 11 is 0. The summed E-state index contributed by atoms with van der Waals surface area (Å²) in [6.45, 7) is -1.00. The van der Waals surface area contributed by atoms with Gasteiger partial charge in [0.25, 0.3) is 0 Å². The van der Waals surface area contributed by atoms with Gasteiger partial charge in [-0.15, -0.1) is 0 Å². The Hall–Kier alpha value is 1.84. The molecule has 0 aliphatic heterocycles. The molecule has 0 spiro atoms. The van der Waals surface area contributed by atoms with Crippen LogP contribution in [0.5, 0.6) is 0 Å². The smallest absolute Gasteiger partial charge is 0.554 e. The maximum absolute atomic E-state index is 8.25. The van der Waals surface area contributed by atoms with Gasteiger partial charge in [-0.1, -0.05) is 0 Å². The molecule has 0 heterocycles. The van der Waals surface area contributed by atoms with Crippen molar-refractivity contribution in [3.8, 4) is 0 Å². The van der Waals surface area contributed by atoms with Crippen molar-refractivity contribution >= 4 is 50.7 Å². The van der Waals surface area contributed by atoms with Crippen LogP contribution in [0.2, 0.25) is 0 Å². The predicted molar refractivity (Wildman–Crippen MR) is 17.9 cm³/mol. The van der Waals surface area contributed by atoms with E-state index < -0.39 is 12.9 Å². The van der Waals surface area contributed by atoms with E-state index in [1.807, 2.05) is 0 Å². The van der Waals surface area contributed by atoms with Gasteiger partial charge in [0.15, 0.2) is 0 Å². The number of carboxylic acid groups (broad SMARTS) is 2. The third-order valence-corrected chi connectivity index (χ3v) is 0. The Labute approximate surface area is 119 Å². The third-order valence-electron chi connectivity index (χ3n) is 0. The molecule has 0 fully saturated rings. The van der Waals surface area contributed by atoms with Gasteiger partial charge in [0.2, 0.25) is 0 Å². The first-order valence-corrected chi connectivity index (χ1v) is 0.943. The SMILES string of the molecule is O=C[O-].O=C[O-].[Ca+2].[K+]. The fourth-order valence-corrected chi connectivity index (χ4v) is 0. The molecule has 36 valence electrons. The molecule has 0 atom stereocenters. The second kappa shape index (κ2) is 36.9. The molecule has 4 nitrogen and oxygen atoms in total. The topological polar surface area (TPSA) is 80.3 Å². The van der Waals surface area contributed by atoms with E-state index in [0.717, 1.165) is 0 Å². The molecule has 0 rings (SSSR count). The summed E-state index contributed by atoms with van der Waals surface area (Å²) in [5.41, 5.74) is 0. The molecule has 0 N–H and O–H groups in total. The number of rotatable bonds is 0. The second-order valence-electron chi connectivity index (χ2n) is 0.192. The molecule has 0 radical (unpaired) electrons. The standard InChI is InChI=1S/2CH2O2.Ca.K/c2*2-1-3;;/h2*1H,(H,2,3);;/q;;+2;+1/p-2. The Bertz CT molecular complexity index is 35.0. The van der Waals surface area contributed by atoms with E-state index in [9.17, 15) is 0 Å². The summed E-state index contributed by atoms with van der Waals surface area (Å²) in [7, 11) is 0. The zero-order valence-electron chi connectivity index (χ0n) is 4.49. The minimum absolute atomic E-state index is 0. The number of hydrogen-bond donors (Lipinski definition) is 0. The minimum Gasteiger partial charge on any atom is -0.554 e. The van der Waals surface area contributed by atoms with Crippen molar-refractivity contribution < 1.29 is 71.2 Å². The molecule has 0 aromatic carbocycles. The molecule has 6 heteroatoms. The third kappa shape index (κ3) is 109. The number of carbonyl (C=O) groups excluding carboxylic acids is 2. The minimum atomic E-state index is -0.500. The molecule has 0 saturated carbocycles. The van der Waals surface area contributed by atoms with Crippen LogP contribution < -0.4 is 61.6 Å². The van der Waals surface area contributed by atoms with E-state index in [-0.39, 0.29) is 89.1 Å². The van der Waals surface area contributed by atoms with Gasteiger partial charge in [0.1, 0.15) is 0 Å². The monoisotopic (exact) mass is 169 g/mol. The molecule has 0 bridgehead atoms. The van der Waals surface area contributed by atoms with Gasteiger partial charge in [-0.05, 0) is 0 Å². The largest absolute Gasteiger partial charge is 2.00 e. The van der Waals surface area contributed by atoms with Gasteiger partial charge in [0.05, 0.1) is 0 Å². The van der Waals surface area contributed by atoms with E-state index in [4.69, 9.17) is 19.8 Å². The molecule has 0 saturated heterocycles. The molecular weight excluding hydrogens is 167 g/mol. The zero-order chi connectivity index (χ0) is 5.41. The van der Waals surface area contributed by atoms with Gasteiger partial charge in [-0.2, -0.15) is 0 Å². The molecule has 0 aliphatic carbocycles. The van der Waals surface area contributed by atoms with E-state index >= 15 is 0 Å². The molecule has 0 unspecified atom stereocenters. The summed E-state index contributed by atoms with van der Waals surface area (Å²) in [5.74, 6) is 0. The van der Waals surface area contributed by atoms with Crippen LogP contribution in [-0.4, -0.2) is 50.7 Å². The zero-order valence-corrected chi connectivity index (χ0v) is 9.83. The van der Waals surface area contributed by atoms with Crippen LogP contribution in [0.3, 0.4) is 0 Å². The fourth-order valence-electron chi connectivity index (χ4n) is 0. The first kappa shape index (κ1) is 22.5. The van der Waals surface area contributed by atoms with E-state index in [0.29, 0.717) is 0 Å². The summed E-state index contributed by atoms with van der Waals surface area (Å²) in [6, 6.07) is 0. The first-order chi connectivity index (χ1) is 2.83. The van der Waals surface area contributed by atoms with Crippen LogP contribution in [0.1, 0.15) is 0 Å².